The minimum absolute atomic E-state index is 0.480. The van der Waals surface area contributed by atoms with E-state index in [4.69, 9.17) is 0 Å². The summed E-state index contributed by atoms with van der Waals surface area (Å²) in [5.41, 5.74) is 1.80. The van der Waals surface area contributed by atoms with Crippen molar-refractivity contribution in [1.82, 2.24) is 15.4 Å². The van der Waals surface area contributed by atoms with Gasteiger partial charge in [-0.05, 0) is 18.2 Å². The van der Waals surface area contributed by atoms with E-state index >= 15 is 0 Å². The molecule has 6 nitrogen and oxygen atoms in total. The number of aromatic nitrogens is 3. The van der Waals surface area contributed by atoms with Gasteiger partial charge in [0.25, 0.3) is 0 Å². The van der Waals surface area contributed by atoms with Gasteiger partial charge in [-0.3, -0.25) is 4.72 Å². The summed E-state index contributed by atoms with van der Waals surface area (Å²) >= 11 is 0. The number of rotatable bonds is 2. The Labute approximate surface area is 80.4 Å². The zero-order valence-electron chi connectivity index (χ0n) is 7.35. The topological polar surface area (TPSA) is 87.7 Å². The first kappa shape index (κ1) is 8.95. The van der Waals surface area contributed by atoms with Crippen LogP contribution in [0, 0.1) is 0 Å². The van der Waals surface area contributed by atoms with E-state index in [0.29, 0.717) is 16.7 Å². The van der Waals surface area contributed by atoms with Crippen LogP contribution in [0.25, 0.3) is 11.0 Å². The summed E-state index contributed by atoms with van der Waals surface area (Å²) < 4.78 is 24.2. The Hall–Kier alpha value is -1.63. The minimum Gasteiger partial charge on any atom is -0.284 e. The van der Waals surface area contributed by atoms with Gasteiger partial charge in [-0.2, -0.15) is 15.4 Å². The molecule has 0 saturated carbocycles. The molecule has 0 bridgehead atoms. The molecule has 0 aliphatic carbocycles. The molecule has 0 aliphatic rings. The van der Waals surface area contributed by atoms with Crippen molar-refractivity contribution in [2.75, 3.05) is 11.0 Å². The monoisotopic (exact) mass is 212 g/mol. The van der Waals surface area contributed by atoms with Gasteiger partial charge in [0.2, 0.25) is 10.0 Å². The maximum atomic E-state index is 10.9. The maximum absolute atomic E-state index is 10.9. The fourth-order valence-electron chi connectivity index (χ4n) is 1.12. The van der Waals surface area contributed by atoms with Gasteiger partial charge in [0.05, 0.1) is 11.9 Å². The highest BCUT2D eigenvalue weighted by molar-refractivity contribution is 7.92. The van der Waals surface area contributed by atoms with Crippen LogP contribution in [0.3, 0.4) is 0 Å². The molecule has 0 aliphatic heterocycles. The van der Waals surface area contributed by atoms with Crippen LogP contribution in [0.1, 0.15) is 0 Å². The number of benzene rings is 1. The molecular formula is C7H8N4O2S. The van der Waals surface area contributed by atoms with Crippen molar-refractivity contribution >= 4 is 26.7 Å². The van der Waals surface area contributed by atoms with E-state index in [1.165, 1.54) is 0 Å². The fourth-order valence-corrected chi connectivity index (χ4v) is 1.67. The molecule has 0 amide bonds. The molecule has 14 heavy (non-hydrogen) atoms. The standard InChI is InChI=1S/C7H8N4O2S/c1-14(12,13)10-5-2-3-6-7(4-5)9-11-8-6/h2-4,10H,1H3,(H,8,9,11). The van der Waals surface area contributed by atoms with Crippen LogP contribution in [0.4, 0.5) is 5.69 Å². The highest BCUT2D eigenvalue weighted by atomic mass is 32.2. The van der Waals surface area contributed by atoms with Crippen molar-refractivity contribution in [3.63, 3.8) is 0 Å². The first-order valence-corrected chi connectivity index (χ1v) is 5.72. The first-order chi connectivity index (χ1) is 6.54. The van der Waals surface area contributed by atoms with Gasteiger partial charge >= 0.3 is 0 Å². The normalized spacial score (nSPS) is 11.8. The van der Waals surface area contributed by atoms with E-state index in [1.54, 1.807) is 18.2 Å². The van der Waals surface area contributed by atoms with E-state index in [-0.39, 0.29) is 0 Å². The average molecular weight is 212 g/mol. The van der Waals surface area contributed by atoms with E-state index in [2.05, 4.69) is 20.1 Å². The molecule has 0 unspecified atom stereocenters. The third-order valence-corrected chi connectivity index (χ3v) is 2.23. The molecule has 7 heteroatoms. The third-order valence-electron chi connectivity index (χ3n) is 1.62. The molecule has 1 heterocycles. The number of H-pyrrole nitrogens is 1. The van der Waals surface area contributed by atoms with Crippen LogP contribution in [-0.2, 0) is 10.0 Å². The van der Waals surface area contributed by atoms with Crippen LogP contribution in [0.2, 0.25) is 0 Å². The molecule has 0 atom stereocenters. The van der Waals surface area contributed by atoms with Crippen molar-refractivity contribution in [3.8, 4) is 0 Å². The zero-order valence-corrected chi connectivity index (χ0v) is 8.17. The molecule has 0 spiro atoms. The quantitative estimate of drug-likeness (QED) is 0.750. The lowest BCUT2D eigenvalue weighted by Crippen LogP contribution is -2.09. The summed E-state index contributed by atoms with van der Waals surface area (Å²) in [6.45, 7) is 0. The Morgan fingerprint density at radius 1 is 1.29 bits per heavy atom. The second-order valence-electron chi connectivity index (χ2n) is 2.90. The van der Waals surface area contributed by atoms with E-state index in [9.17, 15) is 8.42 Å². The van der Waals surface area contributed by atoms with Gasteiger partial charge in [0.15, 0.2) is 0 Å². The molecule has 0 fully saturated rings. The predicted octanol–water partition coefficient (Wildman–Crippen LogP) is 0.329. The van der Waals surface area contributed by atoms with Gasteiger partial charge in [0.1, 0.15) is 11.0 Å². The van der Waals surface area contributed by atoms with Crippen LogP contribution in [0.5, 0.6) is 0 Å². The summed E-state index contributed by atoms with van der Waals surface area (Å²) in [6.07, 6.45) is 1.10. The number of aromatic amines is 1. The Morgan fingerprint density at radius 3 is 2.71 bits per heavy atom. The van der Waals surface area contributed by atoms with Gasteiger partial charge in [-0.15, -0.1) is 0 Å². The second-order valence-corrected chi connectivity index (χ2v) is 4.65. The molecule has 1 aromatic heterocycles. The number of nitrogens with one attached hydrogen (secondary N) is 2. The van der Waals surface area contributed by atoms with Crippen LogP contribution in [0.15, 0.2) is 18.2 Å². The molecular weight excluding hydrogens is 204 g/mol. The van der Waals surface area contributed by atoms with Crippen molar-refractivity contribution in [1.29, 1.82) is 0 Å². The molecule has 74 valence electrons. The van der Waals surface area contributed by atoms with Crippen molar-refractivity contribution < 1.29 is 8.42 Å². The number of fused-ring (bicyclic) bond motifs is 1. The molecule has 0 saturated heterocycles. The third kappa shape index (κ3) is 1.82. The Bertz CT molecular complexity index is 560. The predicted molar refractivity (Wildman–Crippen MR) is 52.4 cm³/mol. The molecule has 2 N–H and O–H groups in total. The smallest absolute Gasteiger partial charge is 0.229 e. The molecule has 2 aromatic rings. The van der Waals surface area contributed by atoms with E-state index < -0.39 is 10.0 Å². The highest BCUT2D eigenvalue weighted by Gasteiger charge is 2.03. The largest absolute Gasteiger partial charge is 0.284 e. The van der Waals surface area contributed by atoms with Gasteiger partial charge in [-0.1, -0.05) is 0 Å². The van der Waals surface area contributed by atoms with Gasteiger partial charge in [0, 0.05) is 0 Å². The summed E-state index contributed by atoms with van der Waals surface area (Å²) in [5.74, 6) is 0. The SMILES string of the molecule is CS(=O)(=O)Nc1ccc2n[nH]nc2c1. The van der Waals surface area contributed by atoms with Gasteiger partial charge in [-0.25, -0.2) is 8.42 Å². The molecule has 1 aromatic carbocycles. The average Bonchev–Trinajstić information content (AvgIpc) is 2.47. The number of hydrogen-bond donors (Lipinski definition) is 2. The zero-order chi connectivity index (χ0) is 10.2. The van der Waals surface area contributed by atoms with Gasteiger partial charge < -0.3 is 0 Å². The van der Waals surface area contributed by atoms with Crippen LogP contribution in [-0.4, -0.2) is 30.1 Å². The number of anilines is 1. The van der Waals surface area contributed by atoms with Crippen molar-refractivity contribution in [3.05, 3.63) is 18.2 Å². The Morgan fingerprint density at radius 2 is 2.00 bits per heavy atom. The number of sulfonamides is 1. The van der Waals surface area contributed by atoms with Crippen molar-refractivity contribution in [2.45, 2.75) is 0 Å². The summed E-state index contributed by atoms with van der Waals surface area (Å²) in [6, 6.07) is 4.93. The maximum Gasteiger partial charge on any atom is 0.229 e. The van der Waals surface area contributed by atoms with Crippen LogP contribution < -0.4 is 4.72 Å². The lowest BCUT2D eigenvalue weighted by atomic mass is 10.3. The Balaban J connectivity index is 2.44. The summed E-state index contributed by atoms with van der Waals surface area (Å²) in [5, 5.41) is 10.1. The van der Waals surface area contributed by atoms with Crippen LogP contribution >= 0.6 is 0 Å². The summed E-state index contributed by atoms with van der Waals surface area (Å²) in [4.78, 5) is 0. The number of hydrogen-bond acceptors (Lipinski definition) is 4. The Kier molecular flexibility index (Phi) is 1.88. The summed E-state index contributed by atoms with van der Waals surface area (Å²) in [7, 11) is -3.24. The second kappa shape index (κ2) is 2.95. The fraction of sp³-hybridized carbons (Fsp3) is 0.143. The lowest BCUT2D eigenvalue weighted by Gasteiger charge is -2.01. The van der Waals surface area contributed by atoms with E-state index in [1.807, 2.05) is 0 Å². The lowest BCUT2D eigenvalue weighted by molar-refractivity contribution is 0.607. The van der Waals surface area contributed by atoms with E-state index in [0.717, 1.165) is 6.26 Å². The molecule has 2 rings (SSSR count). The molecule has 0 radical (unpaired) electrons. The first-order valence-electron chi connectivity index (χ1n) is 3.83. The number of nitrogens with zero attached hydrogens (tertiary/aromatic N) is 2. The minimum atomic E-state index is -3.24. The van der Waals surface area contributed by atoms with Crippen molar-refractivity contribution in [2.24, 2.45) is 0 Å². The highest BCUT2D eigenvalue weighted by Crippen LogP contribution is 2.15.